The molecule has 2 atom stereocenters. The van der Waals surface area contributed by atoms with Crippen LogP contribution in [0.4, 0.5) is 15.8 Å². The van der Waals surface area contributed by atoms with Crippen LogP contribution < -0.4 is 10.2 Å². The van der Waals surface area contributed by atoms with Gasteiger partial charge in [0, 0.05) is 5.69 Å². The van der Waals surface area contributed by atoms with Crippen LogP contribution in [0.15, 0.2) is 46.7 Å². The van der Waals surface area contributed by atoms with Gasteiger partial charge in [-0.05, 0) is 55.3 Å². The second-order valence-corrected chi connectivity index (χ2v) is 7.56. The maximum absolute atomic E-state index is 13.4. The normalized spacial score (nSPS) is 20.1. The van der Waals surface area contributed by atoms with Crippen molar-refractivity contribution in [2.75, 3.05) is 16.8 Å². The molecular formula is C20H17ClFN5O3. The zero-order valence-corrected chi connectivity index (χ0v) is 16.9. The minimum absolute atomic E-state index is 0.139. The van der Waals surface area contributed by atoms with E-state index >= 15 is 0 Å². The van der Waals surface area contributed by atoms with Gasteiger partial charge in [-0.15, -0.1) is 0 Å². The van der Waals surface area contributed by atoms with Crippen LogP contribution in [0.2, 0.25) is 5.02 Å². The third-order valence-corrected chi connectivity index (χ3v) is 5.41. The minimum Gasteiger partial charge on any atom is -0.324 e. The molecule has 154 valence electrons. The number of benzene rings is 2. The minimum atomic E-state index is -1.06. The Hall–Kier alpha value is -3.33. The Morgan fingerprint density at radius 1 is 1.13 bits per heavy atom. The van der Waals surface area contributed by atoms with Gasteiger partial charge >= 0.3 is 0 Å². The Morgan fingerprint density at radius 3 is 2.60 bits per heavy atom. The molecule has 30 heavy (non-hydrogen) atoms. The fraction of sp³-hybridized carbons (Fsp3) is 0.250. The van der Waals surface area contributed by atoms with Gasteiger partial charge in [0.25, 0.3) is 11.8 Å². The summed E-state index contributed by atoms with van der Waals surface area (Å²) in [5.41, 5.74) is 2.88. The van der Waals surface area contributed by atoms with E-state index in [1.54, 1.807) is 6.07 Å². The quantitative estimate of drug-likeness (QED) is 0.756. The van der Waals surface area contributed by atoms with Crippen LogP contribution in [-0.2, 0) is 14.4 Å². The highest BCUT2D eigenvalue weighted by atomic mass is 35.5. The standard InChI is InChI=1S/C20H17ClFN5O3/c1-10-3-4-12(7-11(10)2)23-16(28)9-26-18-17(24-25-26)19(29)27(20(18)30)13-5-6-15(22)14(21)8-13/h3-8,17-18H,9H2,1-2H3,(H,23,28)/t17-,18-/m0/s1. The monoisotopic (exact) mass is 429 g/mol. The molecule has 2 aromatic carbocycles. The number of nitrogens with one attached hydrogen (secondary N) is 1. The molecule has 2 aliphatic rings. The molecule has 0 unspecified atom stereocenters. The number of aryl methyl sites for hydroxylation is 2. The predicted molar refractivity (Wildman–Crippen MR) is 108 cm³/mol. The van der Waals surface area contributed by atoms with Crippen LogP contribution in [0, 0.1) is 19.7 Å². The SMILES string of the molecule is Cc1ccc(NC(=O)CN2N=N[C@@H]3C(=O)N(c4ccc(F)c(Cl)c4)C(=O)[C@H]32)cc1C. The van der Waals surface area contributed by atoms with E-state index in [1.807, 2.05) is 26.0 Å². The summed E-state index contributed by atoms with van der Waals surface area (Å²) in [6, 6.07) is 6.96. The Labute approximate surface area is 176 Å². The molecule has 2 aromatic rings. The number of halogens is 2. The van der Waals surface area contributed by atoms with Crippen LogP contribution in [0.5, 0.6) is 0 Å². The van der Waals surface area contributed by atoms with Gasteiger partial charge in [0.05, 0.1) is 10.7 Å². The van der Waals surface area contributed by atoms with E-state index < -0.39 is 35.6 Å². The second-order valence-electron chi connectivity index (χ2n) is 7.15. The van der Waals surface area contributed by atoms with Gasteiger partial charge in [0.1, 0.15) is 12.4 Å². The maximum atomic E-state index is 13.4. The molecule has 1 saturated heterocycles. The van der Waals surface area contributed by atoms with Gasteiger partial charge in [-0.25, -0.2) is 9.29 Å². The van der Waals surface area contributed by atoms with Crippen molar-refractivity contribution in [1.29, 1.82) is 0 Å². The van der Waals surface area contributed by atoms with Crippen molar-refractivity contribution in [3.63, 3.8) is 0 Å². The topological polar surface area (TPSA) is 94.4 Å². The summed E-state index contributed by atoms with van der Waals surface area (Å²) < 4.78 is 13.4. The van der Waals surface area contributed by atoms with Crippen molar-refractivity contribution < 1.29 is 18.8 Å². The molecule has 1 fully saturated rings. The number of imide groups is 1. The molecule has 0 aromatic heterocycles. The third kappa shape index (κ3) is 3.41. The molecule has 3 amide bonds. The molecular weight excluding hydrogens is 413 g/mol. The molecule has 1 N–H and O–H groups in total. The molecule has 0 aliphatic carbocycles. The summed E-state index contributed by atoms with van der Waals surface area (Å²) >= 11 is 5.77. The summed E-state index contributed by atoms with van der Waals surface area (Å²) in [4.78, 5) is 38.9. The fourth-order valence-corrected chi connectivity index (χ4v) is 3.57. The van der Waals surface area contributed by atoms with E-state index in [9.17, 15) is 18.8 Å². The number of carbonyl (C=O) groups excluding carboxylic acids is 3. The van der Waals surface area contributed by atoms with Crippen LogP contribution in [0.25, 0.3) is 0 Å². The molecule has 0 spiro atoms. The molecule has 8 nitrogen and oxygen atoms in total. The van der Waals surface area contributed by atoms with E-state index in [1.165, 1.54) is 17.1 Å². The zero-order valence-electron chi connectivity index (χ0n) is 16.1. The van der Waals surface area contributed by atoms with Crippen molar-refractivity contribution in [1.82, 2.24) is 5.01 Å². The Balaban J connectivity index is 1.49. The lowest BCUT2D eigenvalue weighted by Gasteiger charge is -2.20. The summed E-state index contributed by atoms with van der Waals surface area (Å²) in [6.45, 7) is 3.65. The smallest absolute Gasteiger partial charge is 0.263 e. The van der Waals surface area contributed by atoms with Crippen LogP contribution >= 0.6 is 11.6 Å². The predicted octanol–water partition coefficient (Wildman–Crippen LogP) is 3.03. The van der Waals surface area contributed by atoms with Crippen LogP contribution in [0.1, 0.15) is 11.1 Å². The molecule has 2 aliphatic heterocycles. The highest BCUT2D eigenvalue weighted by Crippen LogP contribution is 2.33. The van der Waals surface area contributed by atoms with Gasteiger partial charge < -0.3 is 5.32 Å². The summed E-state index contributed by atoms with van der Waals surface area (Å²) in [6.07, 6.45) is 0. The Kier molecular flexibility index (Phi) is 4.98. The zero-order chi connectivity index (χ0) is 21.6. The molecule has 0 saturated carbocycles. The van der Waals surface area contributed by atoms with Gasteiger partial charge in [-0.3, -0.25) is 19.4 Å². The van der Waals surface area contributed by atoms with Crippen LogP contribution in [0.3, 0.4) is 0 Å². The van der Waals surface area contributed by atoms with Crippen molar-refractivity contribution >= 4 is 40.7 Å². The van der Waals surface area contributed by atoms with Gasteiger partial charge in [-0.1, -0.05) is 22.9 Å². The number of anilines is 2. The average molecular weight is 430 g/mol. The lowest BCUT2D eigenvalue weighted by molar-refractivity contribution is -0.123. The Morgan fingerprint density at radius 2 is 1.90 bits per heavy atom. The number of hydrogen-bond donors (Lipinski definition) is 1. The molecule has 0 radical (unpaired) electrons. The summed E-state index contributed by atoms with van der Waals surface area (Å²) in [7, 11) is 0. The number of amides is 3. The third-order valence-electron chi connectivity index (χ3n) is 5.12. The number of fused-ring (bicyclic) bond motifs is 1. The number of rotatable bonds is 4. The lowest BCUT2D eigenvalue weighted by atomic mass is 10.1. The summed E-state index contributed by atoms with van der Waals surface area (Å²) in [5.74, 6) is -2.27. The van der Waals surface area contributed by atoms with Gasteiger partial charge in [0.15, 0.2) is 12.1 Å². The molecule has 10 heteroatoms. The molecule has 0 bridgehead atoms. The second kappa shape index (κ2) is 7.49. The van der Waals surface area contributed by atoms with Crippen molar-refractivity contribution in [3.05, 3.63) is 58.4 Å². The highest BCUT2D eigenvalue weighted by Gasteiger charge is 2.55. The first-order valence-electron chi connectivity index (χ1n) is 9.13. The number of hydrogen-bond acceptors (Lipinski definition) is 6. The number of carbonyl (C=O) groups is 3. The summed E-state index contributed by atoms with van der Waals surface area (Å²) in [5, 5.41) is 11.4. The first-order chi connectivity index (χ1) is 14.3. The first-order valence-corrected chi connectivity index (χ1v) is 9.51. The first kappa shape index (κ1) is 20.0. The molecule has 4 rings (SSSR count). The average Bonchev–Trinajstić information content (AvgIpc) is 3.21. The van der Waals surface area contributed by atoms with Crippen molar-refractivity contribution in [3.8, 4) is 0 Å². The van der Waals surface area contributed by atoms with Crippen molar-refractivity contribution in [2.45, 2.75) is 25.9 Å². The number of nitrogens with zero attached hydrogens (tertiary/aromatic N) is 4. The van der Waals surface area contributed by atoms with E-state index in [0.29, 0.717) is 5.69 Å². The van der Waals surface area contributed by atoms with Gasteiger partial charge in [-0.2, -0.15) is 5.11 Å². The molecule has 2 heterocycles. The van der Waals surface area contributed by atoms with E-state index in [2.05, 4.69) is 15.7 Å². The highest BCUT2D eigenvalue weighted by molar-refractivity contribution is 6.32. The fourth-order valence-electron chi connectivity index (χ4n) is 3.40. The Bertz CT molecular complexity index is 1110. The van der Waals surface area contributed by atoms with Crippen molar-refractivity contribution in [2.24, 2.45) is 10.3 Å². The van der Waals surface area contributed by atoms with Gasteiger partial charge in [0.2, 0.25) is 5.91 Å². The van der Waals surface area contributed by atoms with E-state index in [-0.39, 0.29) is 17.3 Å². The van der Waals surface area contributed by atoms with E-state index in [0.717, 1.165) is 22.1 Å². The lowest BCUT2D eigenvalue weighted by Crippen LogP contribution is -2.43. The van der Waals surface area contributed by atoms with Crippen LogP contribution in [-0.4, -0.2) is 41.4 Å². The maximum Gasteiger partial charge on any atom is 0.263 e. The largest absolute Gasteiger partial charge is 0.324 e. The van der Waals surface area contributed by atoms with E-state index in [4.69, 9.17) is 11.6 Å².